The number of aliphatic hydroxyl groups is 1. The van der Waals surface area contributed by atoms with Gasteiger partial charge in [-0.25, -0.2) is 4.39 Å². The summed E-state index contributed by atoms with van der Waals surface area (Å²) in [5, 5.41) is 12.7. The van der Waals surface area contributed by atoms with Crippen LogP contribution in [0.5, 0.6) is 5.75 Å². The number of rotatable bonds is 5. The molecule has 0 saturated carbocycles. The van der Waals surface area contributed by atoms with Crippen molar-refractivity contribution in [2.75, 3.05) is 13.2 Å². The van der Waals surface area contributed by atoms with E-state index < -0.39 is 17.7 Å². The molecule has 0 radical (unpaired) electrons. The molecule has 0 aliphatic carbocycles. The number of hydrogen-bond acceptors (Lipinski definition) is 3. The van der Waals surface area contributed by atoms with Gasteiger partial charge in [0.1, 0.15) is 12.7 Å². The van der Waals surface area contributed by atoms with Crippen LogP contribution in [0.4, 0.5) is 8.78 Å². The van der Waals surface area contributed by atoms with E-state index in [4.69, 9.17) is 4.74 Å². The highest BCUT2D eigenvalue weighted by Crippen LogP contribution is 2.19. The molecule has 5 heteroatoms. The number of aliphatic hydroxyl groups excluding tert-OH is 1. The minimum Gasteiger partial charge on any atom is -0.488 e. The van der Waals surface area contributed by atoms with E-state index in [9.17, 15) is 13.9 Å². The molecule has 0 spiro atoms. The van der Waals surface area contributed by atoms with E-state index in [1.165, 1.54) is 12.1 Å². The average molecular weight is 259 g/mol. The summed E-state index contributed by atoms with van der Waals surface area (Å²) in [5.41, 5.74) is -0.120. The van der Waals surface area contributed by atoms with Gasteiger partial charge >= 0.3 is 0 Å². The largest absolute Gasteiger partial charge is 0.488 e. The molecule has 1 unspecified atom stereocenters. The van der Waals surface area contributed by atoms with E-state index in [0.717, 1.165) is 6.07 Å². The number of halogens is 2. The standard InChI is InChI=1S/C13H19F2NO2/c1-13(2,3)16-7-9(17)8-18-11-6-4-5-10(14)12(11)15/h4-6,9,16-17H,7-8H2,1-3H3. The Morgan fingerprint density at radius 2 is 2.00 bits per heavy atom. The normalized spacial score (nSPS) is 13.4. The number of benzene rings is 1. The Balaban J connectivity index is 2.43. The Labute approximate surface area is 106 Å². The predicted octanol–water partition coefficient (Wildman–Crippen LogP) is 2.09. The Kier molecular flexibility index (Phi) is 5.04. The smallest absolute Gasteiger partial charge is 0.200 e. The van der Waals surface area contributed by atoms with Crippen LogP contribution in [0.3, 0.4) is 0 Å². The number of nitrogens with one attached hydrogen (secondary N) is 1. The van der Waals surface area contributed by atoms with Crippen LogP contribution in [-0.2, 0) is 0 Å². The molecule has 0 aromatic heterocycles. The SMILES string of the molecule is CC(C)(C)NCC(O)COc1cccc(F)c1F. The van der Waals surface area contributed by atoms with Crippen LogP contribution in [0.2, 0.25) is 0 Å². The first-order valence-electron chi connectivity index (χ1n) is 5.79. The number of ether oxygens (including phenoxy) is 1. The summed E-state index contributed by atoms with van der Waals surface area (Å²) in [7, 11) is 0. The van der Waals surface area contributed by atoms with E-state index in [2.05, 4.69) is 5.32 Å². The van der Waals surface area contributed by atoms with Gasteiger partial charge in [0.2, 0.25) is 5.82 Å². The lowest BCUT2D eigenvalue weighted by Crippen LogP contribution is -2.42. The molecule has 18 heavy (non-hydrogen) atoms. The number of hydrogen-bond donors (Lipinski definition) is 2. The molecular formula is C13H19F2NO2. The van der Waals surface area contributed by atoms with E-state index in [1.807, 2.05) is 20.8 Å². The minimum absolute atomic E-state index is 0.0938. The first kappa shape index (κ1) is 14.9. The van der Waals surface area contributed by atoms with Gasteiger partial charge in [0.25, 0.3) is 0 Å². The highest BCUT2D eigenvalue weighted by molar-refractivity contribution is 5.25. The summed E-state index contributed by atoms with van der Waals surface area (Å²) in [6, 6.07) is 3.69. The van der Waals surface area contributed by atoms with Crippen LogP contribution in [0, 0.1) is 11.6 Å². The van der Waals surface area contributed by atoms with Crippen molar-refractivity contribution in [2.45, 2.75) is 32.4 Å². The predicted molar refractivity (Wildman–Crippen MR) is 65.6 cm³/mol. The zero-order valence-electron chi connectivity index (χ0n) is 10.8. The molecule has 0 saturated heterocycles. The summed E-state index contributed by atoms with van der Waals surface area (Å²) in [4.78, 5) is 0. The van der Waals surface area contributed by atoms with Gasteiger partial charge in [0, 0.05) is 12.1 Å². The highest BCUT2D eigenvalue weighted by atomic mass is 19.2. The second-order valence-electron chi connectivity index (χ2n) is 5.15. The summed E-state index contributed by atoms with van der Waals surface area (Å²) in [6.07, 6.45) is -0.785. The third-order valence-corrected chi connectivity index (χ3v) is 2.22. The average Bonchev–Trinajstić information content (AvgIpc) is 2.27. The molecule has 0 amide bonds. The molecular weight excluding hydrogens is 240 g/mol. The van der Waals surface area contributed by atoms with E-state index in [-0.39, 0.29) is 17.9 Å². The second kappa shape index (κ2) is 6.11. The fourth-order valence-electron chi connectivity index (χ4n) is 1.26. The molecule has 0 heterocycles. The maximum Gasteiger partial charge on any atom is 0.200 e. The third-order valence-electron chi connectivity index (χ3n) is 2.22. The van der Waals surface area contributed by atoms with E-state index in [0.29, 0.717) is 6.54 Å². The Morgan fingerprint density at radius 3 is 2.61 bits per heavy atom. The van der Waals surface area contributed by atoms with Gasteiger partial charge in [-0.3, -0.25) is 0 Å². The summed E-state index contributed by atoms with van der Waals surface area (Å²) >= 11 is 0. The van der Waals surface area contributed by atoms with Crippen LogP contribution in [0.1, 0.15) is 20.8 Å². The van der Waals surface area contributed by atoms with Crippen molar-refractivity contribution in [2.24, 2.45) is 0 Å². The number of β-amino-alcohol motifs (C(OH)–C–C–N with tert-alkyl or cyclic N) is 1. The Bertz CT molecular complexity index is 391. The van der Waals surface area contributed by atoms with E-state index >= 15 is 0 Å². The highest BCUT2D eigenvalue weighted by Gasteiger charge is 2.14. The summed E-state index contributed by atoms with van der Waals surface area (Å²) in [6.45, 7) is 6.12. The second-order valence-corrected chi connectivity index (χ2v) is 5.15. The topological polar surface area (TPSA) is 41.5 Å². The van der Waals surface area contributed by atoms with Crippen LogP contribution in [0.15, 0.2) is 18.2 Å². The Morgan fingerprint density at radius 1 is 1.33 bits per heavy atom. The van der Waals surface area contributed by atoms with Crippen molar-refractivity contribution in [3.63, 3.8) is 0 Å². The van der Waals surface area contributed by atoms with E-state index in [1.54, 1.807) is 0 Å². The maximum atomic E-state index is 13.2. The molecule has 2 N–H and O–H groups in total. The molecule has 1 aromatic rings. The van der Waals surface area contributed by atoms with Crippen molar-refractivity contribution in [1.82, 2.24) is 5.32 Å². The monoisotopic (exact) mass is 259 g/mol. The molecule has 1 atom stereocenters. The summed E-state index contributed by atoms with van der Waals surface area (Å²) < 4.78 is 31.1. The zero-order chi connectivity index (χ0) is 13.8. The molecule has 102 valence electrons. The first-order chi connectivity index (χ1) is 8.29. The summed E-state index contributed by atoms with van der Waals surface area (Å²) in [5.74, 6) is -2.19. The molecule has 1 aromatic carbocycles. The molecule has 0 aliphatic rings. The lowest BCUT2D eigenvalue weighted by molar-refractivity contribution is 0.0975. The fourth-order valence-corrected chi connectivity index (χ4v) is 1.26. The molecule has 3 nitrogen and oxygen atoms in total. The van der Waals surface area contributed by atoms with Gasteiger partial charge < -0.3 is 15.2 Å². The lowest BCUT2D eigenvalue weighted by Gasteiger charge is -2.23. The fraction of sp³-hybridized carbons (Fsp3) is 0.538. The van der Waals surface area contributed by atoms with Gasteiger partial charge in [-0.1, -0.05) is 6.07 Å². The van der Waals surface area contributed by atoms with Gasteiger partial charge in [-0.2, -0.15) is 4.39 Å². The maximum absolute atomic E-state index is 13.2. The minimum atomic E-state index is -1.03. The molecule has 0 fully saturated rings. The zero-order valence-corrected chi connectivity index (χ0v) is 10.8. The molecule has 0 aliphatic heterocycles. The molecule has 1 rings (SSSR count). The van der Waals surface area contributed by atoms with Crippen molar-refractivity contribution in [3.8, 4) is 5.75 Å². The quantitative estimate of drug-likeness (QED) is 0.850. The third kappa shape index (κ3) is 4.98. The van der Waals surface area contributed by atoms with Crippen molar-refractivity contribution in [3.05, 3.63) is 29.8 Å². The van der Waals surface area contributed by atoms with Gasteiger partial charge in [0.05, 0.1) is 0 Å². The van der Waals surface area contributed by atoms with Crippen molar-refractivity contribution >= 4 is 0 Å². The Hall–Kier alpha value is -1.20. The van der Waals surface area contributed by atoms with Gasteiger partial charge in [-0.05, 0) is 32.9 Å². The molecule has 0 bridgehead atoms. The first-order valence-corrected chi connectivity index (χ1v) is 5.79. The van der Waals surface area contributed by atoms with Crippen molar-refractivity contribution < 1.29 is 18.6 Å². The van der Waals surface area contributed by atoms with Crippen LogP contribution in [-0.4, -0.2) is 29.9 Å². The van der Waals surface area contributed by atoms with Crippen LogP contribution >= 0.6 is 0 Å². The van der Waals surface area contributed by atoms with Gasteiger partial charge in [-0.15, -0.1) is 0 Å². The van der Waals surface area contributed by atoms with Crippen molar-refractivity contribution in [1.29, 1.82) is 0 Å². The lowest BCUT2D eigenvalue weighted by atomic mass is 10.1. The van der Waals surface area contributed by atoms with Crippen LogP contribution in [0.25, 0.3) is 0 Å². The van der Waals surface area contributed by atoms with Crippen LogP contribution < -0.4 is 10.1 Å². The van der Waals surface area contributed by atoms with Gasteiger partial charge in [0.15, 0.2) is 11.6 Å².